The number of rotatable bonds is 8. The van der Waals surface area contributed by atoms with Crippen LogP contribution in [0.2, 0.25) is 0 Å². The van der Waals surface area contributed by atoms with Crippen LogP contribution in [0.4, 0.5) is 10.5 Å². The molecule has 1 saturated heterocycles. The predicted octanol–water partition coefficient (Wildman–Crippen LogP) is 2.50. The quantitative estimate of drug-likeness (QED) is 0.610. The summed E-state index contributed by atoms with van der Waals surface area (Å²) < 4.78 is 0. The van der Waals surface area contributed by atoms with Crippen LogP contribution < -0.4 is 10.6 Å². The molecule has 6 heteroatoms. The van der Waals surface area contributed by atoms with E-state index in [1.54, 1.807) is 0 Å². The van der Waals surface area contributed by atoms with Crippen molar-refractivity contribution in [1.29, 1.82) is 0 Å². The van der Waals surface area contributed by atoms with Gasteiger partial charge >= 0.3 is 6.03 Å². The molecule has 1 fully saturated rings. The number of unbranched alkanes of at least 4 members (excludes halogenated alkanes) is 1. The summed E-state index contributed by atoms with van der Waals surface area (Å²) in [5.74, 6) is 0. The standard InChI is InChI=1S/C21H36N4O2/c1-21(2,3)18-8-4-5-9-19(18)23-20(27)22-10-6-7-11-24-12-14-25(15-13-24)16-17-26/h4-5,8-9,26H,6-7,10-17H2,1-3H3,(H2,22,23,27). The van der Waals surface area contributed by atoms with Gasteiger partial charge in [0.15, 0.2) is 0 Å². The molecule has 6 nitrogen and oxygen atoms in total. The van der Waals surface area contributed by atoms with Gasteiger partial charge in [-0.25, -0.2) is 4.79 Å². The van der Waals surface area contributed by atoms with Gasteiger partial charge in [-0.3, -0.25) is 4.90 Å². The van der Waals surface area contributed by atoms with Crippen LogP contribution in [0.3, 0.4) is 0 Å². The molecule has 0 atom stereocenters. The first kappa shape index (κ1) is 21.7. The van der Waals surface area contributed by atoms with Crippen LogP contribution in [0.5, 0.6) is 0 Å². The van der Waals surface area contributed by atoms with Crippen molar-refractivity contribution in [2.24, 2.45) is 0 Å². The highest BCUT2D eigenvalue weighted by Crippen LogP contribution is 2.29. The molecular formula is C21H36N4O2. The van der Waals surface area contributed by atoms with Gasteiger partial charge in [0.1, 0.15) is 0 Å². The smallest absolute Gasteiger partial charge is 0.319 e. The van der Waals surface area contributed by atoms with Gasteiger partial charge in [-0.2, -0.15) is 0 Å². The number of aliphatic hydroxyl groups excluding tert-OH is 1. The van der Waals surface area contributed by atoms with E-state index >= 15 is 0 Å². The maximum absolute atomic E-state index is 12.2. The summed E-state index contributed by atoms with van der Waals surface area (Å²) in [6.45, 7) is 13.4. The number of hydrogen-bond donors (Lipinski definition) is 3. The van der Waals surface area contributed by atoms with Crippen molar-refractivity contribution in [3.05, 3.63) is 29.8 Å². The fraction of sp³-hybridized carbons (Fsp3) is 0.667. The Balaban J connectivity index is 1.62. The van der Waals surface area contributed by atoms with E-state index in [9.17, 15) is 4.79 Å². The molecule has 1 aliphatic heterocycles. The van der Waals surface area contributed by atoms with Crippen molar-refractivity contribution >= 4 is 11.7 Å². The Labute approximate surface area is 163 Å². The molecule has 0 aromatic heterocycles. The Hall–Kier alpha value is -1.63. The minimum Gasteiger partial charge on any atom is -0.395 e. The largest absolute Gasteiger partial charge is 0.395 e. The Kier molecular flexibility index (Phi) is 8.54. The molecule has 1 aromatic rings. The molecule has 0 radical (unpaired) electrons. The number of carbonyl (C=O) groups is 1. The number of piperazine rings is 1. The normalized spacial score (nSPS) is 16.3. The van der Waals surface area contributed by atoms with E-state index in [-0.39, 0.29) is 18.1 Å². The van der Waals surface area contributed by atoms with E-state index in [4.69, 9.17) is 5.11 Å². The molecule has 2 rings (SSSR count). The lowest BCUT2D eigenvalue weighted by Crippen LogP contribution is -2.47. The van der Waals surface area contributed by atoms with Gasteiger partial charge in [0.25, 0.3) is 0 Å². The summed E-state index contributed by atoms with van der Waals surface area (Å²) in [4.78, 5) is 17.0. The third-order valence-electron chi connectivity index (χ3n) is 5.05. The fourth-order valence-electron chi connectivity index (χ4n) is 3.45. The number of β-amino-alcohol motifs (C(OH)–C–C–N with tert-alkyl or cyclic N) is 1. The molecule has 3 N–H and O–H groups in total. The number of aliphatic hydroxyl groups is 1. The van der Waals surface area contributed by atoms with Crippen LogP contribution in [0, 0.1) is 0 Å². The first-order valence-electron chi connectivity index (χ1n) is 10.1. The second-order valence-corrected chi connectivity index (χ2v) is 8.29. The Morgan fingerprint density at radius 1 is 1.04 bits per heavy atom. The Bertz CT molecular complexity index is 578. The molecule has 0 bridgehead atoms. The summed E-state index contributed by atoms with van der Waals surface area (Å²) in [7, 11) is 0. The Morgan fingerprint density at radius 2 is 1.67 bits per heavy atom. The van der Waals surface area contributed by atoms with Crippen molar-refractivity contribution < 1.29 is 9.90 Å². The molecule has 0 aliphatic carbocycles. The first-order valence-corrected chi connectivity index (χ1v) is 10.1. The zero-order chi connectivity index (χ0) is 19.7. The third-order valence-corrected chi connectivity index (χ3v) is 5.05. The average Bonchev–Trinajstić information content (AvgIpc) is 2.62. The third kappa shape index (κ3) is 7.48. The highest BCUT2D eigenvalue weighted by molar-refractivity contribution is 5.90. The first-order chi connectivity index (χ1) is 12.9. The number of carbonyl (C=O) groups excluding carboxylic acids is 1. The van der Waals surface area contributed by atoms with Gasteiger partial charge in [0.2, 0.25) is 0 Å². The number of anilines is 1. The van der Waals surface area contributed by atoms with Gasteiger partial charge in [-0.05, 0) is 36.4 Å². The fourth-order valence-corrected chi connectivity index (χ4v) is 3.45. The molecule has 1 aromatic carbocycles. The van der Waals surface area contributed by atoms with E-state index < -0.39 is 0 Å². The summed E-state index contributed by atoms with van der Waals surface area (Å²) in [5, 5.41) is 14.9. The highest BCUT2D eigenvalue weighted by Gasteiger charge is 2.18. The van der Waals surface area contributed by atoms with Gasteiger partial charge < -0.3 is 20.6 Å². The summed E-state index contributed by atoms with van der Waals surface area (Å²) in [6, 6.07) is 7.84. The molecule has 152 valence electrons. The van der Waals surface area contributed by atoms with Crippen molar-refractivity contribution in [2.45, 2.75) is 39.0 Å². The monoisotopic (exact) mass is 376 g/mol. The van der Waals surface area contributed by atoms with Crippen LogP contribution in [0.25, 0.3) is 0 Å². The highest BCUT2D eigenvalue weighted by atomic mass is 16.3. The number of benzene rings is 1. The van der Waals surface area contributed by atoms with Gasteiger partial charge in [-0.1, -0.05) is 39.0 Å². The van der Waals surface area contributed by atoms with Crippen LogP contribution in [0.1, 0.15) is 39.2 Å². The van der Waals surface area contributed by atoms with Crippen LogP contribution in [-0.2, 0) is 5.41 Å². The molecule has 0 saturated carbocycles. The molecule has 1 aliphatic rings. The van der Waals surface area contributed by atoms with Gasteiger partial charge in [-0.15, -0.1) is 0 Å². The van der Waals surface area contributed by atoms with Crippen molar-refractivity contribution in [3.63, 3.8) is 0 Å². The van der Waals surface area contributed by atoms with Gasteiger partial charge in [0.05, 0.1) is 6.61 Å². The predicted molar refractivity (Wildman–Crippen MR) is 111 cm³/mol. The summed E-state index contributed by atoms with van der Waals surface area (Å²) in [5.41, 5.74) is 2.01. The van der Waals surface area contributed by atoms with E-state index in [1.807, 2.05) is 18.2 Å². The second-order valence-electron chi connectivity index (χ2n) is 8.29. The summed E-state index contributed by atoms with van der Waals surface area (Å²) in [6.07, 6.45) is 2.06. The lowest BCUT2D eigenvalue weighted by atomic mass is 9.86. The van der Waals surface area contributed by atoms with Crippen LogP contribution in [0.15, 0.2) is 24.3 Å². The molecule has 2 amide bonds. The summed E-state index contributed by atoms with van der Waals surface area (Å²) >= 11 is 0. The van der Waals surface area contributed by atoms with E-state index in [0.717, 1.165) is 63.4 Å². The van der Waals surface area contributed by atoms with E-state index in [2.05, 4.69) is 47.3 Å². The zero-order valence-electron chi connectivity index (χ0n) is 17.1. The van der Waals surface area contributed by atoms with E-state index in [1.165, 1.54) is 0 Å². The minimum atomic E-state index is -0.135. The topological polar surface area (TPSA) is 67.8 Å². The molecule has 0 spiro atoms. The van der Waals surface area contributed by atoms with Crippen molar-refractivity contribution in [1.82, 2.24) is 15.1 Å². The van der Waals surface area contributed by atoms with Crippen LogP contribution >= 0.6 is 0 Å². The second kappa shape index (κ2) is 10.6. The molecule has 27 heavy (non-hydrogen) atoms. The number of hydrogen-bond acceptors (Lipinski definition) is 4. The van der Waals surface area contributed by atoms with Crippen molar-refractivity contribution in [3.8, 4) is 0 Å². The lowest BCUT2D eigenvalue weighted by Gasteiger charge is -2.34. The maximum Gasteiger partial charge on any atom is 0.319 e. The lowest BCUT2D eigenvalue weighted by molar-refractivity contribution is 0.111. The molecule has 0 unspecified atom stereocenters. The number of urea groups is 1. The van der Waals surface area contributed by atoms with Gasteiger partial charge in [0, 0.05) is 45.0 Å². The Morgan fingerprint density at radius 3 is 2.30 bits per heavy atom. The number of para-hydroxylation sites is 1. The molecular weight excluding hydrogens is 340 g/mol. The van der Waals surface area contributed by atoms with Crippen LogP contribution in [-0.4, -0.2) is 73.4 Å². The molecule has 1 heterocycles. The number of nitrogens with zero attached hydrogens (tertiary/aromatic N) is 2. The number of nitrogens with one attached hydrogen (secondary N) is 2. The van der Waals surface area contributed by atoms with Crippen molar-refractivity contribution in [2.75, 3.05) is 57.7 Å². The average molecular weight is 377 g/mol. The maximum atomic E-state index is 12.2. The zero-order valence-corrected chi connectivity index (χ0v) is 17.1. The van der Waals surface area contributed by atoms with E-state index in [0.29, 0.717) is 6.54 Å². The number of amides is 2. The minimum absolute atomic E-state index is 0.00886. The SMILES string of the molecule is CC(C)(C)c1ccccc1NC(=O)NCCCCN1CCN(CCO)CC1.